The smallest absolute Gasteiger partial charge is 0.131 e. The van der Waals surface area contributed by atoms with Gasteiger partial charge in [0.25, 0.3) is 0 Å². The highest BCUT2D eigenvalue weighted by Crippen LogP contribution is 2.47. The van der Waals surface area contributed by atoms with Crippen molar-refractivity contribution in [3.63, 3.8) is 0 Å². The molecule has 1 aromatic rings. The third-order valence-corrected chi connectivity index (χ3v) is 3.86. The van der Waals surface area contributed by atoms with E-state index >= 15 is 0 Å². The van der Waals surface area contributed by atoms with Crippen molar-refractivity contribution in [3.05, 3.63) is 53.9 Å². The molecular formula is C17H18F2O. The minimum absolute atomic E-state index is 0.122. The van der Waals surface area contributed by atoms with Crippen LogP contribution in [0, 0.1) is 5.41 Å². The van der Waals surface area contributed by atoms with Gasteiger partial charge in [-0.3, -0.25) is 0 Å². The molecule has 1 aromatic carbocycles. The number of benzene rings is 1. The van der Waals surface area contributed by atoms with Gasteiger partial charge in [-0.1, -0.05) is 43.7 Å². The van der Waals surface area contributed by atoms with E-state index in [2.05, 4.69) is 0 Å². The Bertz CT molecular complexity index is 533. The molecule has 106 valence electrons. The molecule has 0 radical (unpaired) electrons. The number of halogens is 2. The second-order valence-corrected chi connectivity index (χ2v) is 5.16. The van der Waals surface area contributed by atoms with E-state index in [0.717, 1.165) is 5.56 Å². The fourth-order valence-corrected chi connectivity index (χ4v) is 2.75. The van der Waals surface area contributed by atoms with Gasteiger partial charge >= 0.3 is 0 Å². The van der Waals surface area contributed by atoms with Crippen LogP contribution in [0.15, 0.2) is 48.3 Å². The molecule has 20 heavy (non-hydrogen) atoms. The SMILES string of the molecule is CCCC1(CC=O)C(F)=CC(c2ccccc2)=CC1F. The molecular weight excluding hydrogens is 258 g/mol. The molecule has 0 amide bonds. The molecule has 3 heteroatoms. The molecule has 2 atom stereocenters. The lowest BCUT2D eigenvalue weighted by molar-refractivity contribution is -0.110. The van der Waals surface area contributed by atoms with Crippen molar-refractivity contribution in [1.82, 2.24) is 0 Å². The topological polar surface area (TPSA) is 17.1 Å². The monoisotopic (exact) mass is 276 g/mol. The Morgan fingerprint density at radius 3 is 2.55 bits per heavy atom. The zero-order chi connectivity index (χ0) is 14.6. The maximum absolute atomic E-state index is 14.5. The molecule has 0 saturated heterocycles. The molecule has 0 bridgehead atoms. The van der Waals surface area contributed by atoms with E-state index in [0.29, 0.717) is 24.7 Å². The van der Waals surface area contributed by atoms with E-state index < -0.39 is 17.4 Å². The molecule has 0 N–H and O–H groups in total. The Labute approximate surface area is 118 Å². The van der Waals surface area contributed by atoms with E-state index in [1.165, 1.54) is 12.2 Å². The standard InChI is InChI=1S/C17H18F2O/c1-2-8-17(9-10-20)15(18)11-14(12-16(17)19)13-6-4-3-5-7-13/h3-7,10-12,15H,2,8-9H2,1H3. The predicted octanol–water partition coefficient (Wildman–Crippen LogP) is 4.65. The molecule has 0 spiro atoms. The lowest BCUT2D eigenvalue weighted by Crippen LogP contribution is -2.34. The summed E-state index contributed by atoms with van der Waals surface area (Å²) < 4.78 is 29.0. The molecule has 0 fully saturated rings. The minimum atomic E-state index is -1.48. The number of carbonyl (C=O) groups excluding carboxylic acids is 1. The summed E-state index contributed by atoms with van der Waals surface area (Å²) in [5.74, 6) is -0.527. The van der Waals surface area contributed by atoms with E-state index in [1.807, 2.05) is 37.3 Å². The van der Waals surface area contributed by atoms with Crippen LogP contribution in [0.2, 0.25) is 0 Å². The summed E-state index contributed by atoms with van der Waals surface area (Å²) in [6.07, 6.45) is 2.76. The van der Waals surface area contributed by atoms with Gasteiger partial charge in [-0.05, 0) is 29.7 Å². The summed E-state index contributed by atoms with van der Waals surface area (Å²) in [5.41, 5.74) is 0.00383. The highest BCUT2D eigenvalue weighted by atomic mass is 19.1. The summed E-state index contributed by atoms with van der Waals surface area (Å²) in [6.45, 7) is 1.86. The van der Waals surface area contributed by atoms with Crippen LogP contribution in [-0.2, 0) is 4.79 Å². The van der Waals surface area contributed by atoms with Crippen LogP contribution in [0.25, 0.3) is 5.57 Å². The summed E-state index contributed by atoms with van der Waals surface area (Å²) in [7, 11) is 0. The largest absolute Gasteiger partial charge is 0.303 e. The number of hydrogen-bond donors (Lipinski definition) is 0. The first-order valence-corrected chi connectivity index (χ1v) is 6.86. The van der Waals surface area contributed by atoms with E-state index in [9.17, 15) is 13.6 Å². The lowest BCUT2D eigenvalue weighted by Gasteiger charge is -2.35. The quantitative estimate of drug-likeness (QED) is 0.715. The Morgan fingerprint density at radius 2 is 2.00 bits per heavy atom. The molecule has 0 heterocycles. The van der Waals surface area contributed by atoms with Crippen LogP contribution in [0.3, 0.4) is 0 Å². The minimum Gasteiger partial charge on any atom is -0.303 e. The summed E-state index contributed by atoms with van der Waals surface area (Å²) in [4.78, 5) is 10.8. The number of allylic oxidation sites excluding steroid dienone is 4. The van der Waals surface area contributed by atoms with Crippen molar-refractivity contribution in [1.29, 1.82) is 0 Å². The number of carbonyl (C=O) groups is 1. The maximum Gasteiger partial charge on any atom is 0.131 e. The second-order valence-electron chi connectivity index (χ2n) is 5.16. The fraction of sp³-hybridized carbons (Fsp3) is 0.353. The van der Waals surface area contributed by atoms with Gasteiger partial charge in [-0.15, -0.1) is 0 Å². The first-order chi connectivity index (χ1) is 9.64. The summed E-state index contributed by atoms with van der Waals surface area (Å²) in [6, 6.07) is 9.14. The molecule has 0 aliphatic heterocycles. The molecule has 2 unspecified atom stereocenters. The van der Waals surface area contributed by atoms with Crippen molar-refractivity contribution in [2.45, 2.75) is 32.4 Å². The van der Waals surface area contributed by atoms with E-state index in [4.69, 9.17) is 0 Å². The second kappa shape index (κ2) is 6.12. The van der Waals surface area contributed by atoms with Gasteiger partial charge in [0.05, 0.1) is 5.41 Å². The molecule has 2 rings (SSSR count). The zero-order valence-electron chi connectivity index (χ0n) is 11.5. The fourth-order valence-electron chi connectivity index (χ4n) is 2.75. The first-order valence-electron chi connectivity index (χ1n) is 6.86. The van der Waals surface area contributed by atoms with Crippen molar-refractivity contribution < 1.29 is 13.6 Å². The van der Waals surface area contributed by atoms with Crippen molar-refractivity contribution in [2.24, 2.45) is 5.41 Å². The average Bonchev–Trinajstić information content (AvgIpc) is 2.45. The van der Waals surface area contributed by atoms with Gasteiger partial charge in [0, 0.05) is 6.42 Å². The Morgan fingerprint density at radius 1 is 1.30 bits per heavy atom. The van der Waals surface area contributed by atoms with E-state index in [-0.39, 0.29) is 6.42 Å². The maximum atomic E-state index is 14.5. The van der Waals surface area contributed by atoms with Gasteiger partial charge in [0.1, 0.15) is 18.3 Å². The molecule has 1 aliphatic carbocycles. The Hall–Kier alpha value is -1.77. The molecule has 0 saturated carbocycles. The van der Waals surface area contributed by atoms with Gasteiger partial charge in [-0.25, -0.2) is 8.78 Å². The van der Waals surface area contributed by atoms with Gasteiger partial charge in [0.15, 0.2) is 0 Å². The molecule has 0 aromatic heterocycles. The van der Waals surface area contributed by atoms with Crippen LogP contribution in [0.5, 0.6) is 0 Å². The van der Waals surface area contributed by atoms with Crippen LogP contribution in [0.1, 0.15) is 31.7 Å². The van der Waals surface area contributed by atoms with E-state index in [1.54, 1.807) is 0 Å². The van der Waals surface area contributed by atoms with Gasteiger partial charge < -0.3 is 4.79 Å². The zero-order valence-corrected chi connectivity index (χ0v) is 11.5. The lowest BCUT2D eigenvalue weighted by atomic mass is 9.71. The summed E-state index contributed by atoms with van der Waals surface area (Å²) in [5, 5.41) is 0. The van der Waals surface area contributed by atoms with Gasteiger partial charge in [-0.2, -0.15) is 0 Å². The van der Waals surface area contributed by atoms with Crippen LogP contribution >= 0.6 is 0 Å². The Balaban J connectivity index is 2.39. The van der Waals surface area contributed by atoms with Gasteiger partial charge in [0.2, 0.25) is 0 Å². The summed E-state index contributed by atoms with van der Waals surface area (Å²) >= 11 is 0. The highest BCUT2D eigenvalue weighted by molar-refractivity contribution is 5.77. The number of hydrogen-bond acceptors (Lipinski definition) is 1. The van der Waals surface area contributed by atoms with Crippen LogP contribution < -0.4 is 0 Å². The van der Waals surface area contributed by atoms with Crippen LogP contribution in [0.4, 0.5) is 8.78 Å². The van der Waals surface area contributed by atoms with Crippen LogP contribution in [-0.4, -0.2) is 12.5 Å². The predicted molar refractivity (Wildman–Crippen MR) is 76.5 cm³/mol. The number of rotatable bonds is 5. The average molecular weight is 276 g/mol. The Kier molecular flexibility index (Phi) is 4.48. The molecule has 1 aliphatic rings. The normalized spacial score (nSPS) is 25.9. The van der Waals surface area contributed by atoms with Crippen molar-refractivity contribution in [3.8, 4) is 0 Å². The van der Waals surface area contributed by atoms with Crippen molar-refractivity contribution in [2.75, 3.05) is 0 Å². The number of alkyl halides is 1. The third-order valence-electron chi connectivity index (χ3n) is 3.86. The highest BCUT2D eigenvalue weighted by Gasteiger charge is 2.43. The third kappa shape index (κ3) is 2.58. The first kappa shape index (κ1) is 14.6. The number of aldehydes is 1. The molecule has 1 nitrogen and oxygen atoms in total. The van der Waals surface area contributed by atoms with Crippen molar-refractivity contribution >= 4 is 11.9 Å².